The van der Waals surface area contributed by atoms with E-state index in [1.807, 2.05) is 6.92 Å². The predicted molar refractivity (Wildman–Crippen MR) is 83.6 cm³/mol. The lowest BCUT2D eigenvalue weighted by Crippen LogP contribution is -2.51. The van der Waals surface area contributed by atoms with Gasteiger partial charge in [-0.2, -0.15) is 0 Å². The van der Waals surface area contributed by atoms with E-state index in [-0.39, 0.29) is 0 Å². The van der Waals surface area contributed by atoms with Crippen LogP contribution >= 0.6 is 0 Å². The summed E-state index contributed by atoms with van der Waals surface area (Å²) in [6, 6.07) is 6.34. The van der Waals surface area contributed by atoms with E-state index in [0.717, 1.165) is 51.0 Å². The van der Waals surface area contributed by atoms with Gasteiger partial charge in [0.2, 0.25) is 0 Å². The average Bonchev–Trinajstić information content (AvgIpc) is 2.80. The first-order chi connectivity index (χ1) is 10.3. The van der Waals surface area contributed by atoms with Gasteiger partial charge in [-0.3, -0.25) is 0 Å². The number of rotatable bonds is 7. The Morgan fingerprint density at radius 3 is 2.86 bits per heavy atom. The van der Waals surface area contributed by atoms with E-state index in [0.29, 0.717) is 6.61 Å². The molecule has 0 aliphatic carbocycles. The van der Waals surface area contributed by atoms with Gasteiger partial charge in [-0.05, 0) is 25.0 Å². The van der Waals surface area contributed by atoms with Crippen molar-refractivity contribution in [3.63, 3.8) is 0 Å². The van der Waals surface area contributed by atoms with Crippen molar-refractivity contribution in [2.45, 2.75) is 13.5 Å². The summed E-state index contributed by atoms with van der Waals surface area (Å²) in [5.74, 6) is 1.77. The SMILES string of the molecule is CCOc1cccc2c1CN(CC1CNC1)N2CCOC. The van der Waals surface area contributed by atoms with Crippen LogP contribution in [0.5, 0.6) is 5.75 Å². The van der Waals surface area contributed by atoms with Crippen LogP contribution in [0.4, 0.5) is 5.69 Å². The fraction of sp³-hybridized carbons (Fsp3) is 0.625. The lowest BCUT2D eigenvalue weighted by atomic mass is 10.0. The summed E-state index contributed by atoms with van der Waals surface area (Å²) >= 11 is 0. The molecular formula is C16H25N3O2. The topological polar surface area (TPSA) is 37.0 Å². The van der Waals surface area contributed by atoms with Crippen LogP contribution in [-0.4, -0.2) is 51.5 Å². The number of fused-ring (bicyclic) bond motifs is 1. The molecule has 0 unspecified atom stereocenters. The lowest BCUT2D eigenvalue weighted by Gasteiger charge is -2.36. The predicted octanol–water partition coefficient (Wildman–Crippen LogP) is 1.49. The molecule has 0 radical (unpaired) electrons. The lowest BCUT2D eigenvalue weighted by molar-refractivity contribution is 0.153. The Kier molecular flexibility index (Phi) is 4.63. The van der Waals surface area contributed by atoms with Gasteiger partial charge in [-0.1, -0.05) is 6.07 Å². The monoisotopic (exact) mass is 291 g/mol. The summed E-state index contributed by atoms with van der Waals surface area (Å²) in [5.41, 5.74) is 2.58. The van der Waals surface area contributed by atoms with Gasteiger partial charge < -0.3 is 19.8 Å². The zero-order chi connectivity index (χ0) is 14.7. The van der Waals surface area contributed by atoms with Crippen LogP contribution in [0.3, 0.4) is 0 Å². The molecule has 2 heterocycles. The van der Waals surface area contributed by atoms with Crippen molar-refractivity contribution >= 4 is 5.69 Å². The number of anilines is 1. The molecule has 0 atom stereocenters. The van der Waals surface area contributed by atoms with Gasteiger partial charge in [0, 0.05) is 38.9 Å². The van der Waals surface area contributed by atoms with Crippen LogP contribution in [0.15, 0.2) is 18.2 Å². The van der Waals surface area contributed by atoms with Gasteiger partial charge in [0.1, 0.15) is 5.75 Å². The molecule has 0 aromatic heterocycles. The van der Waals surface area contributed by atoms with Gasteiger partial charge in [-0.15, -0.1) is 0 Å². The van der Waals surface area contributed by atoms with Crippen LogP contribution in [0, 0.1) is 5.92 Å². The molecule has 21 heavy (non-hydrogen) atoms. The van der Waals surface area contributed by atoms with Gasteiger partial charge in [0.15, 0.2) is 0 Å². The Labute approximate surface area is 126 Å². The van der Waals surface area contributed by atoms with Crippen molar-refractivity contribution in [3.8, 4) is 5.75 Å². The van der Waals surface area contributed by atoms with Crippen LogP contribution in [0.25, 0.3) is 0 Å². The molecule has 0 spiro atoms. The number of ether oxygens (including phenoxy) is 2. The van der Waals surface area contributed by atoms with Crippen molar-refractivity contribution in [1.29, 1.82) is 0 Å². The highest BCUT2D eigenvalue weighted by Crippen LogP contribution is 2.37. The summed E-state index contributed by atoms with van der Waals surface area (Å²) in [4.78, 5) is 0. The number of hydrogen-bond donors (Lipinski definition) is 1. The molecule has 1 saturated heterocycles. The molecule has 2 aliphatic heterocycles. The largest absolute Gasteiger partial charge is 0.493 e. The molecule has 0 bridgehead atoms. The molecule has 5 heteroatoms. The number of nitrogens with one attached hydrogen (secondary N) is 1. The zero-order valence-corrected chi connectivity index (χ0v) is 13.0. The second kappa shape index (κ2) is 6.64. The van der Waals surface area contributed by atoms with Crippen LogP contribution in [0.2, 0.25) is 0 Å². The Bertz CT molecular complexity index is 477. The maximum absolute atomic E-state index is 5.80. The number of hydrogen-bond acceptors (Lipinski definition) is 5. The van der Waals surface area contributed by atoms with Gasteiger partial charge in [0.25, 0.3) is 0 Å². The normalized spacial score (nSPS) is 18.7. The molecule has 2 aliphatic rings. The van der Waals surface area contributed by atoms with E-state index in [4.69, 9.17) is 9.47 Å². The summed E-state index contributed by atoms with van der Waals surface area (Å²) in [6.07, 6.45) is 0. The summed E-state index contributed by atoms with van der Waals surface area (Å²) in [6.45, 7) is 8.65. The van der Waals surface area contributed by atoms with Crippen LogP contribution in [0.1, 0.15) is 12.5 Å². The van der Waals surface area contributed by atoms with Crippen molar-refractivity contribution in [3.05, 3.63) is 23.8 Å². The third-order valence-corrected chi connectivity index (χ3v) is 4.21. The van der Waals surface area contributed by atoms with Crippen molar-refractivity contribution in [2.24, 2.45) is 5.92 Å². The number of nitrogens with zero attached hydrogens (tertiary/aromatic N) is 2. The standard InChI is InChI=1S/C16H25N3O2/c1-3-21-16-6-4-5-15-14(16)12-18(11-13-9-17-10-13)19(15)7-8-20-2/h4-6,13,17H,3,7-12H2,1-2H3. The molecular weight excluding hydrogens is 266 g/mol. The molecule has 1 fully saturated rings. The van der Waals surface area contributed by atoms with Gasteiger partial charge >= 0.3 is 0 Å². The maximum Gasteiger partial charge on any atom is 0.125 e. The first-order valence-electron chi connectivity index (χ1n) is 7.80. The quantitative estimate of drug-likeness (QED) is 0.824. The highest BCUT2D eigenvalue weighted by atomic mass is 16.5. The highest BCUT2D eigenvalue weighted by molar-refractivity contribution is 5.61. The third kappa shape index (κ3) is 3.00. The smallest absolute Gasteiger partial charge is 0.125 e. The van der Waals surface area contributed by atoms with Crippen molar-refractivity contribution in [1.82, 2.24) is 10.3 Å². The van der Waals surface area contributed by atoms with Gasteiger partial charge in [0.05, 0.1) is 25.4 Å². The number of hydrazine groups is 1. The Balaban J connectivity index is 1.80. The Morgan fingerprint density at radius 1 is 1.33 bits per heavy atom. The molecule has 1 aromatic carbocycles. The molecule has 1 N–H and O–H groups in total. The zero-order valence-electron chi connectivity index (χ0n) is 13.0. The van der Waals surface area contributed by atoms with Crippen LogP contribution in [-0.2, 0) is 11.3 Å². The molecule has 116 valence electrons. The summed E-state index contributed by atoms with van der Waals surface area (Å²) in [5, 5.41) is 8.15. The molecule has 0 amide bonds. The highest BCUT2D eigenvalue weighted by Gasteiger charge is 2.32. The molecule has 5 nitrogen and oxygen atoms in total. The van der Waals surface area contributed by atoms with Crippen LogP contribution < -0.4 is 15.1 Å². The van der Waals surface area contributed by atoms with Crippen molar-refractivity contribution < 1.29 is 9.47 Å². The van der Waals surface area contributed by atoms with Crippen molar-refractivity contribution in [2.75, 3.05) is 51.5 Å². The van der Waals surface area contributed by atoms with E-state index >= 15 is 0 Å². The second-order valence-corrected chi connectivity index (χ2v) is 5.67. The fourth-order valence-electron chi connectivity index (χ4n) is 3.04. The van der Waals surface area contributed by atoms with Gasteiger partial charge in [-0.25, -0.2) is 5.01 Å². The van der Waals surface area contributed by atoms with E-state index < -0.39 is 0 Å². The molecule has 0 saturated carbocycles. The molecule has 1 aromatic rings. The van der Waals surface area contributed by atoms with E-state index in [9.17, 15) is 0 Å². The third-order valence-electron chi connectivity index (χ3n) is 4.21. The minimum absolute atomic E-state index is 0.709. The maximum atomic E-state index is 5.80. The second-order valence-electron chi connectivity index (χ2n) is 5.67. The first-order valence-corrected chi connectivity index (χ1v) is 7.80. The van der Waals surface area contributed by atoms with E-state index in [1.165, 1.54) is 11.3 Å². The molecule has 3 rings (SSSR count). The number of methoxy groups -OCH3 is 1. The first kappa shape index (κ1) is 14.6. The Morgan fingerprint density at radius 2 is 2.19 bits per heavy atom. The Hall–Kier alpha value is -1.30. The minimum atomic E-state index is 0.709. The summed E-state index contributed by atoms with van der Waals surface area (Å²) < 4.78 is 11.1. The minimum Gasteiger partial charge on any atom is -0.493 e. The van der Waals surface area contributed by atoms with E-state index in [1.54, 1.807) is 7.11 Å². The van der Waals surface area contributed by atoms with E-state index in [2.05, 4.69) is 33.5 Å². The fourth-order valence-corrected chi connectivity index (χ4v) is 3.04. The summed E-state index contributed by atoms with van der Waals surface area (Å²) in [7, 11) is 1.76. The average molecular weight is 291 g/mol. The number of benzene rings is 1.